The van der Waals surface area contributed by atoms with Crippen molar-refractivity contribution in [3.63, 3.8) is 0 Å². The van der Waals surface area contributed by atoms with Gasteiger partial charge in [0.1, 0.15) is 0 Å². The van der Waals surface area contributed by atoms with Crippen molar-refractivity contribution in [3.05, 3.63) is 0 Å². The molecule has 1 unspecified atom stereocenters. The van der Waals surface area contributed by atoms with Crippen molar-refractivity contribution in [2.45, 2.75) is 20.8 Å². The second kappa shape index (κ2) is 4.97. The van der Waals surface area contributed by atoms with E-state index in [2.05, 4.69) is 37.6 Å². The van der Waals surface area contributed by atoms with E-state index in [9.17, 15) is 0 Å². The molecule has 1 aliphatic heterocycles. The van der Waals surface area contributed by atoms with E-state index in [1.54, 1.807) is 0 Å². The van der Waals surface area contributed by atoms with E-state index in [1.165, 1.54) is 32.7 Å². The van der Waals surface area contributed by atoms with E-state index in [0.29, 0.717) is 0 Å². The summed E-state index contributed by atoms with van der Waals surface area (Å²) in [5, 5.41) is 0. The molecule has 13 heavy (non-hydrogen) atoms. The second-order valence-corrected chi connectivity index (χ2v) is 4.83. The molecule has 2 nitrogen and oxygen atoms in total. The van der Waals surface area contributed by atoms with Gasteiger partial charge in [0.2, 0.25) is 0 Å². The Kier molecular flexibility index (Phi) is 4.20. The molecule has 2 heteroatoms. The van der Waals surface area contributed by atoms with Crippen LogP contribution in [0, 0.1) is 11.8 Å². The third-order valence-electron chi connectivity index (χ3n) is 3.28. The van der Waals surface area contributed by atoms with E-state index < -0.39 is 0 Å². The summed E-state index contributed by atoms with van der Waals surface area (Å²) >= 11 is 0. The third-order valence-corrected chi connectivity index (χ3v) is 3.28. The van der Waals surface area contributed by atoms with Crippen LogP contribution in [-0.4, -0.2) is 49.6 Å². The largest absolute Gasteiger partial charge is 0.304 e. The van der Waals surface area contributed by atoms with Gasteiger partial charge in [-0.25, -0.2) is 0 Å². The highest BCUT2D eigenvalue weighted by Gasteiger charge is 2.17. The van der Waals surface area contributed by atoms with E-state index in [4.69, 9.17) is 0 Å². The zero-order valence-corrected chi connectivity index (χ0v) is 9.58. The fraction of sp³-hybridized carbons (Fsp3) is 1.00. The van der Waals surface area contributed by atoms with E-state index in [0.717, 1.165) is 11.8 Å². The lowest BCUT2D eigenvalue weighted by Crippen LogP contribution is -2.46. The Morgan fingerprint density at radius 1 is 1.00 bits per heavy atom. The molecule has 78 valence electrons. The molecule has 0 aromatic carbocycles. The van der Waals surface area contributed by atoms with E-state index in [1.807, 2.05) is 0 Å². The van der Waals surface area contributed by atoms with Gasteiger partial charge < -0.3 is 9.80 Å². The summed E-state index contributed by atoms with van der Waals surface area (Å²) in [6, 6.07) is 0. The highest BCUT2D eigenvalue weighted by Crippen LogP contribution is 2.12. The number of nitrogens with zero attached hydrogens (tertiary/aromatic N) is 2. The van der Waals surface area contributed by atoms with Crippen LogP contribution >= 0.6 is 0 Å². The quantitative estimate of drug-likeness (QED) is 0.656. The monoisotopic (exact) mass is 184 g/mol. The Morgan fingerprint density at radius 2 is 1.54 bits per heavy atom. The summed E-state index contributed by atoms with van der Waals surface area (Å²) in [5.74, 6) is 1.66. The summed E-state index contributed by atoms with van der Waals surface area (Å²) in [5.41, 5.74) is 0. The predicted molar refractivity (Wildman–Crippen MR) is 57.9 cm³/mol. The predicted octanol–water partition coefficient (Wildman–Crippen LogP) is 1.53. The van der Waals surface area contributed by atoms with Crippen molar-refractivity contribution in [1.29, 1.82) is 0 Å². The molecule has 0 saturated carbocycles. The first-order valence-corrected chi connectivity index (χ1v) is 5.50. The number of piperazine rings is 1. The maximum absolute atomic E-state index is 2.60. The zero-order chi connectivity index (χ0) is 9.84. The van der Waals surface area contributed by atoms with E-state index in [-0.39, 0.29) is 0 Å². The maximum atomic E-state index is 2.60. The number of likely N-dealkylation sites (N-methyl/N-ethyl adjacent to an activating group) is 1. The lowest BCUT2D eigenvalue weighted by Gasteiger charge is -2.34. The smallest absolute Gasteiger partial charge is 0.0110 e. The lowest BCUT2D eigenvalue weighted by atomic mass is 9.97. The summed E-state index contributed by atoms with van der Waals surface area (Å²) in [4.78, 5) is 5.02. The summed E-state index contributed by atoms with van der Waals surface area (Å²) in [6.45, 7) is 13.3. The summed E-state index contributed by atoms with van der Waals surface area (Å²) in [6.07, 6.45) is 0. The highest BCUT2D eigenvalue weighted by molar-refractivity contribution is 4.72. The van der Waals surface area contributed by atoms with Gasteiger partial charge in [0, 0.05) is 32.7 Å². The molecule has 0 amide bonds. The minimum absolute atomic E-state index is 0.819. The molecule has 1 saturated heterocycles. The van der Waals surface area contributed by atoms with Gasteiger partial charge in [0.15, 0.2) is 0 Å². The van der Waals surface area contributed by atoms with Gasteiger partial charge in [-0.3, -0.25) is 0 Å². The van der Waals surface area contributed by atoms with Gasteiger partial charge in [-0.2, -0.15) is 0 Å². The average molecular weight is 184 g/mol. The Labute approximate surface area is 82.9 Å². The molecule has 0 aromatic rings. The van der Waals surface area contributed by atoms with Gasteiger partial charge >= 0.3 is 0 Å². The standard InChI is InChI=1S/C11H24N2/c1-10(2)11(3)9-13-7-5-12(4)6-8-13/h10-11H,5-9H2,1-4H3. The molecule has 1 rings (SSSR count). The SMILES string of the molecule is CC(C)C(C)CN1CCN(C)CC1. The molecule has 1 heterocycles. The number of hydrogen-bond donors (Lipinski definition) is 0. The van der Waals surface area contributed by atoms with Crippen molar-refractivity contribution in [3.8, 4) is 0 Å². The summed E-state index contributed by atoms with van der Waals surface area (Å²) in [7, 11) is 2.21. The van der Waals surface area contributed by atoms with Gasteiger partial charge in [-0.1, -0.05) is 20.8 Å². The maximum Gasteiger partial charge on any atom is 0.0110 e. The Hall–Kier alpha value is -0.0800. The van der Waals surface area contributed by atoms with Crippen molar-refractivity contribution in [1.82, 2.24) is 9.80 Å². The number of hydrogen-bond acceptors (Lipinski definition) is 2. The highest BCUT2D eigenvalue weighted by atomic mass is 15.2. The van der Waals surface area contributed by atoms with E-state index >= 15 is 0 Å². The molecule has 0 spiro atoms. The van der Waals surface area contributed by atoms with Crippen molar-refractivity contribution >= 4 is 0 Å². The molecule has 0 aliphatic carbocycles. The second-order valence-electron chi connectivity index (χ2n) is 4.83. The first-order chi connectivity index (χ1) is 6.09. The molecule has 0 aromatic heterocycles. The van der Waals surface area contributed by atoms with Gasteiger partial charge in [0.25, 0.3) is 0 Å². The van der Waals surface area contributed by atoms with Crippen LogP contribution in [-0.2, 0) is 0 Å². The first kappa shape index (κ1) is 11.0. The van der Waals surface area contributed by atoms with Crippen LogP contribution in [0.4, 0.5) is 0 Å². The average Bonchev–Trinajstić information content (AvgIpc) is 2.08. The van der Waals surface area contributed by atoms with Gasteiger partial charge in [-0.05, 0) is 18.9 Å². The topological polar surface area (TPSA) is 6.48 Å². The van der Waals surface area contributed by atoms with Crippen LogP contribution in [0.3, 0.4) is 0 Å². The van der Waals surface area contributed by atoms with Crippen LogP contribution < -0.4 is 0 Å². The molecule has 0 bridgehead atoms. The Balaban J connectivity index is 2.22. The van der Waals surface area contributed by atoms with Crippen LogP contribution in [0.15, 0.2) is 0 Å². The fourth-order valence-corrected chi connectivity index (χ4v) is 1.65. The van der Waals surface area contributed by atoms with Crippen LogP contribution in [0.1, 0.15) is 20.8 Å². The van der Waals surface area contributed by atoms with Crippen LogP contribution in [0.25, 0.3) is 0 Å². The third kappa shape index (κ3) is 3.65. The molecular weight excluding hydrogens is 160 g/mol. The van der Waals surface area contributed by atoms with Crippen molar-refractivity contribution in [2.24, 2.45) is 11.8 Å². The molecule has 0 radical (unpaired) electrons. The van der Waals surface area contributed by atoms with Crippen molar-refractivity contribution < 1.29 is 0 Å². The fourth-order valence-electron chi connectivity index (χ4n) is 1.65. The Bertz CT molecular complexity index is 137. The molecule has 0 N–H and O–H groups in total. The normalized spacial score (nSPS) is 23.8. The Morgan fingerprint density at radius 3 is 2.00 bits per heavy atom. The number of rotatable bonds is 3. The molecular formula is C11H24N2. The minimum atomic E-state index is 0.819. The lowest BCUT2D eigenvalue weighted by molar-refractivity contribution is 0.129. The van der Waals surface area contributed by atoms with Gasteiger partial charge in [-0.15, -0.1) is 0 Å². The molecule has 1 aliphatic rings. The molecule has 1 atom stereocenters. The minimum Gasteiger partial charge on any atom is -0.304 e. The first-order valence-electron chi connectivity index (χ1n) is 5.50. The van der Waals surface area contributed by atoms with Crippen LogP contribution in [0.2, 0.25) is 0 Å². The zero-order valence-electron chi connectivity index (χ0n) is 9.58. The van der Waals surface area contributed by atoms with Gasteiger partial charge in [0.05, 0.1) is 0 Å². The van der Waals surface area contributed by atoms with Crippen LogP contribution in [0.5, 0.6) is 0 Å². The molecule has 1 fully saturated rings. The van der Waals surface area contributed by atoms with Crippen molar-refractivity contribution in [2.75, 3.05) is 39.8 Å². The summed E-state index contributed by atoms with van der Waals surface area (Å²) < 4.78 is 0.